The molecule has 0 aliphatic rings. The molecule has 3 rings (SSSR count). The first-order valence-corrected chi connectivity index (χ1v) is 7.23. The number of hydrogen-bond donors (Lipinski definition) is 2. The average molecular weight is 321 g/mol. The van der Waals surface area contributed by atoms with Gasteiger partial charge in [0.1, 0.15) is 15.4 Å². The van der Waals surface area contributed by atoms with Crippen LogP contribution in [0, 0.1) is 0 Å². The van der Waals surface area contributed by atoms with Gasteiger partial charge in [-0.25, -0.2) is 9.78 Å². The van der Waals surface area contributed by atoms with Crippen LogP contribution >= 0.6 is 22.9 Å². The summed E-state index contributed by atoms with van der Waals surface area (Å²) in [6.07, 6.45) is 0.378. The number of halogens is 1. The summed E-state index contributed by atoms with van der Waals surface area (Å²) in [5.74, 6) is -0.611. The van der Waals surface area contributed by atoms with Gasteiger partial charge in [0.25, 0.3) is 5.56 Å². The maximum atomic E-state index is 12.0. The molecule has 0 spiro atoms. The summed E-state index contributed by atoms with van der Waals surface area (Å²) < 4.78 is 0.315. The molecule has 7 heteroatoms. The number of carbonyl (C=O) groups is 1. The second kappa shape index (κ2) is 5.31. The first-order chi connectivity index (χ1) is 10.0. The quantitative estimate of drug-likeness (QED) is 0.777. The van der Waals surface area contributed by atoms with E-state index in [-0.39, 0.29) is 10.4 Å². The van der Waals surface area contributed by atoms with Crippen LogP contribution in [0.2, 0.25) is 5.02 Å². The number of aromatic nitrogens is 2. The number of benzene rings is 1. The second-order valence-electron chi connectivity index (χ2n) is 4.41. The minimum atomic E-state index is -1.06. The van der Waals surface area contributed by atoms with E-state index in [1.54, 1.807) is 6.07 Å². The molecule has 21 heavy (non-hydrogen) atoms. The average Bonchev–Trinajstić information content (AvgIpc) is 2.86. The van der Waals surface area contributed by atoms with E-state index in [0.717, 1.165) is 16.9 Å². The molecule has 0 radical (unpaired) electrons. The van der Waals surface area contributed by atoms with Crippen LogP contribution in [0.1, 0.15) is 21.1 Å². The van der Waals surface area contributed by atoms with E-state index in [9.17, 15) is 9.59 Å². The minimum Gasteiger partial charge on any atom is -0.477 e. The van der Waals surface area contributed by atoms with Crippen molar-refractivity contribution < 1.29 is 9.90 Å². The molecular weight excluding hydrogens is 312 g/mol. The van der Waals surface area contributed by atoms with Crippen LogP contribution < -0.4 is 5.56 Å². The SMILES string of the molecule is O=C(O)c1cc2nc(Cc3ccccc3Cl)[nH]c(=O)c2s1. The fraction of sp³-hybridized carbons (Fsp3) is 0.0714. The molecule has 0 saturated carbocycles. The first kappa shape index (κ1) is 13.8. The van der Waals surface area contributed by atoms with Gasteiger partial charge in [-0.1, -0.05) is 29.8 Å². The number of rotatable bonds is 3. The number of carboxylic acid groups (broad SMARTS) is 1. The number of hydrogen-bond acceptors (Lipinski definition) is 4. The van der Waals surface area contributed by atoms with Crippen LogP contribution in [0.15, 0.2) is 35.1 Å². The third kappa shape index (κ3) is 2.68. The van der Waals surface area contributed by atoms with Gasteiger partial charge in [0.2, 0.25) is 0 Å². The molecule has 5 nitrogen and oxygen atoms in total. The predicted molar refractivity (Wildman–Crippen MR) is 81.5 cm³/mol. The Kier molecular flexibility index (Phi) is 3.48. The zero-order valence-electron chi connectivity index (χ0n) is 10.6. The molecule has 3 aromatic rings. The smallest absolute Gasteiger partial charge is 0.345 e. The summed E-state index contributed by atoms with van der Waals surface area (Å²) in [6, 6.07) is 8.70. The minimum absolute atomic E-state index is 0.0953. The van der Waals surface area contributed by atoms with E-state index in [1.807, 2.05) is 18.2 Å². The number of aromatic amines is 1. The van der Waals surface area contributed by atoms with Crippen molar-refractivity contribution in [2.45, 2.75) is 6.42 Å². The van der Waals surface area contributed by atoms with Crippen molar-refractivity contribution in [2.24, 2.45) is 0 Å². The van der Waals surface area contributed by atoms with Crippen LogP contribution in [0.3, 0.4) is 0 Å². The summed E-state index contributed by atoms with van der Waals surface area (Å²) in [4.78, 5) is 30.0. The van der Waals surface area contributed by atoms with E-state index >= 15 is 0 Å². The first-order valence-electron chi connectivity index (χ1n) is 6.04. The highest BCUT2D eigenvalue weighted by Crippen LogP contribution is 2.22. The molecule has 0 atom stereocenters. The third-order valence-corrected chi connectivity index (χ3v) is 4.44. The second-order valence-corrected chi connectivity index (χ2v) is 5.87. The van der Waals surface area contributed by atoms with Crippen molar-refractivity contribution in [1.29, 1.82) is 0 Å². The largest absolute Gasteiger partial charge is 0.477 e. The Morgan fingerprint density at radius 1 is 1.38 bits per heavy atom. The van der Waals surface area contributed by atoms with E-state index in [4.69, 9.17) is 16.7 Å². The van der Waals surface area contributed by atoms with Gasteiger partial charge in [-0.3, -0.25) is 4.79 Å². The molecule has 0 unspecified atom stereocenters. The third-order valence-electron chi connectivity index (χ3n) is 2.96. The molecule has 2 heterocycles. The molecule has 0 amide bonds. The lowest BCUT2D eigenvalue weighted by Gasteiger charge is -2.03. The highest BCUT2D eigenvalue weighted by molar-refractivity contribution is 7.20. The zero-order valence-corrected chi connectivity index (χ0v) is 12.2. The van der Waals surface area contributed by atoms with E-state index in [2.05, 4.69) is 9.97 Å². The number of carboxylic acids is 1. The number of thiophene rings is 1. The number of fused-ring (bicyclic) bond motifs is 1. The van der Waals surface area contributed by atoms with Gasteiger partial charge in [0, 0.05) is 11.4 Å². The summed E-state index contributed by atoms with van der Waals surface area (Å²) in [5, 5.41) is 9.56. The summed E-state index contributed by atoms with van der Waals surface area (Å²) >= 11 is 7.00. The highest BCUT2D eigenvalue weighted by atomic mass is 35.5. The van der Waals surface area contributed by atoms with Crippen molar-refractivity contribution in [1.82, 2.24) is 9.97 Å². The summed E-state index contributed by atoms with van der Waals surface area (Å²) in [7, 11) is 0. The van der Waals surface area contributed by atoms with Gasteiger partial charge in [0.15, 0.2) is 0 Å². The van der Waals surface area contributed by atoms with Crippen LogP contribution in [0.4, 0.5) is 0 Å². The fourth-order valence-electron chi connectivity index (χ4n) is 2.00. The number of nitrogens with one attached hydrogen (secondary N) is 1. The summed E-state index contributed by atoms with van der Waals surface area (Å²) in [6.45, 7) is 0. The molecule has 0 aliphatic heterocycles. The lowest BCUT2D eigenvalue weighted by molar-refractivity contribution is 0.0702. The maximum absolute atomic E-state index is 12.0. The van der Waals surface area contributed by atoms with Gasteiger partial charge in [0.05, 0.1) is 5.52 Å². The van der Waals surface area contributed by atoms with Crippen molar-refractivity contribution >= 4 is 39.1 Å². The Balaban J connectivity index is 2.06. The van der Waals surface area contributed by atoms with Gasteiger partial charge >= 0.3 is 5.97 Å². The Hall–Kier alpha value is -2.18. The molecule has 0 fully saturated rings. The molecule has 0 aliphatic carbocycles. The van der Waals surface area contributed by atoms with Gasteiger partial charge in [-0.2, -0.15) is 0 Å². The fourth-order valence-corrected chi connectivity index (χ4v) is 3.03. The van der Waals surface area contributed by atoms with Gasteiger partial charge < -0.3 is 10.1 Å². The Labute approximate surface area is 127 Å². The Bertz CT molecular complexity index is 901. The van der Waals surface area contributed by atoms with Crippen molar-refractivity contribution in [2.75, 3.05) is 0 Å². The van der Waals surface area contributed by atoms with Crippen LogP contribution in [-0.4, -0.2) is 21.0 Å². The molecule has 106 valence electrons. The van der Waals surface area contributed by atoms with Gasteiger partial charge in [-0.15, -0.1) is 11.3 Å². The Morgan fingerprint density at radius 3 is 2.86 bits per heavy atom. The van der Waals surface area contributed by atoms with Crippen molar-refractivity contribution in [3.8, 4) is 0 Å². The van der Waals surface area contributed by atoms with Crippen LogP contribution in [-0.2, 0) is 6.42 Å². The number of nitrogens with zero attached hydrogens (tertiary/aromatic N) is 1. The molecule has 2 N–H and O–H groups in total. The number of H-pyrrole nitrogens is 1. The van der Waals surface area contributed by atoms with E-state index in [1.165, 1.54) is 6.07 Å². The molecular formula is C14H9ClN2O3S. The molecule has 2 aromatic heterocycles. The topological polar surface area (TPSA) is 83.0 Å². The standard InChI is InChI=1S/C14H9ClN2O3S/c15-8-4-2-1-3-7(8)5-11-16-9-6-10(14(19)20)21-12(9)13(18)17-11/h1-4,6H,5H2,(H,19,20)(H,16,17,18). The predicted octanol–water partition coefficient (Wildman–Crippen LogP) is 2.93. The van der Waals surface area contributed by atoms with Crippen molar-refractivity contribution in [3.05, 3.63) is 62.0 Å². The van der Waals surface area contributed by atoms with Crippen LogP contribution in [0.25, 0.3) is 10.2 Å². The normalized spacial score (nSPS) is 10.9. The molecule has 1 aromatic carbocycles. The van der Waals surface area contributed by atoms with E-state index < -0.39 is 5.97 Å². The van der Waals surface area contributed by atoms with Gasteiger partial charge in [-0.05, 0) is 17.7 Å². The lowest BCUT2D eigenvalue weighted by Crippen LogP contribution is -2.10. The van der Waals surface area contributed by atoms with Crippen molar-refractivity contribution in [3.63, 3.8) is 0 Å². The number of aromatic carboxylic acids is 1. The molecule has 0 saturated heterocycles. The maximum Gasteiger partial charge on any atom is 0.345 e. The molecule has 0 bridgehead atoms. The Morgan fingerprint density at radius 2 is 2.14 bits per heavy atom. The van der Waals surface area contributed by atoms with Crippen LogP contribution in [0.5, 0.6) is 0 Å². The van der Waals surface area contributed by atoms with E-state index in [0.29, 0.717) is 27.5 Å². The highest BCUT2D eigenvalue weighted by Gasteiger charge is 2.13. The summed E-state index contributed by atoms with van der Waals surface area (Å²) in [5.41, 5.74) is 0.901. The zero-order chi connectivity index (χ0) is 15.0. The monoisotopic (exact) mass is 320 g/mol. The lowest BCUT2D eigenvalue weighted by atomic mass is 10.1.